The molecule has 98 valence electrons. The third-order valence-corrected chi connectivity index (χ3v) is 3.32. The van der Waals surface area contributed by atoms with Gasteiger partial charge in [0.2, 0.25) is 0 Å². The number of anilines is 2. The van der Waals surface area contributed by atoms with Crippen molar-refractivity contribution in [2.45, 2.75) is 6.42 Å². The summed E-state index contributed by atoms with van der Waals surface area (Å²) in [4.78, 5) is 12.5. The molecule has 0 saturated carbocycles. The number of likely N-dealkylation sites (tertiary alicyclic amines) is 1. The van der Waals surface area contributed by atoms with Gasteiger partial charge in [0, 0.05) is 25.2 Å². The molecule has 6 nitrogen and oxygen atoms in total. The minimum Gasteiger partial charge on any atom is -0.397 e. The van der Waals surface area contributed by atoms with Gasteiger partial charge in [-0.05, 0) is 32.0 Å². The number of nitrogens with zero attached hydrogens (tertiary/aromatic N) is 2. The number of nitrogen functional groups attached to an aromatic ring is 1. The average Bonchev–Trinajstić information content (AvgIpc) is 2.73. The first-order valence-corrected chi connectivity index (χ1v) is 6.02. The molecule has 1 unspecified atom stereocenters. The van der Waals surface area contributed by atoms with Gasteiger partial charge < -0.3 is 16.0 Å². The van der Waals surface area contributed by atoms with Gasteiger partial charge in [0.05, 0.1) is 16.3 Å². The topological polar surface area (TPSA) is 84.4 Å². The summed E-state index contributed by atoms with van der Waals surface area (Å²) >= 11 is 0. The van der Waals surface area contributed by atoms with E-state index in [0.717, 1.165) is 25.3 Å². The van der Waals surface area contributed by atoms with Crippen LogP contribution in [0.1, 0.15) is 6.42 Å². The minimum absolute atomic E-state index is 0.0265. The van der Waals surface area contributed by atoms with E-state index in [2.05, 4.69) is 17.3 Å². The van der Waals surface area contributed by atoms with Crippen molar-refractivity contribution in [1.82, 2.24) is 4.90 Å². The SMILES string of the molecule is CN1CCC(CNc2ccc([N+](=O)[O-])cc2N)C1. The molecule has 1 saturated heterocycles. The zero-order valence-electron chi connectivity index (χ0n) is 10.4. The Kier molecular flexibility index (Phi) is 3.66. The Morgan fingerprint density at radius 2 is 2.39 bits per heavy atom. The first kappa shape index (κ1) is 12.6. The van der Waals surface area contributed by atoms with E-state index >= 15 is 0 Å². The van der Waals surface area contributed by atoms with Crippen LogP contribution in [0.3, 0.4) is 0 Å². The van der Waals surface area contributed by atoms with E-state index in [-0.39, 0.29) is 5.69 Å². The molecule has 1 aliphatic rings. The zero-order chi connectivity index (χ0) is 13.1. The highest BCUT2D eigenvalue weighted by molar-refractivity contribution is 5.69. The Balaban J connectivity index is 1.95. The average molecular weight is 250 g/mol. The molecular formula is C12H18N4O2. The number of hydrogen-bond donors (Lipinski definition) is 2. The standard InChI is InChI=1S/C12H18N4O2/c1-15-5-4-9(8-15)7-14-12-3-2-10(16(17)18)6-11(12)13/h2-3,6,9,14H,4-5,7-8,13H2,1H3. The van der Waals surface area contributed by atoms with Crippen LogP contribution in [-0.2, 0) is 0 Å². The van der Waals surface area contributed by atoms with Crippen LogP contribution in [0, 0.1) is 16.0 Å². The van der Waals surface area contributed by atoms with Crippen LogP contribution in [0.5, 0.6) is 0 Å². The van der Waals surface area contributed by atoms with E-state index in [1.807, 2.05) is 0 Å². The van der Waals surface area contributed by atoms with Gasteiger partial charge in [0.15, 0.2) is 0 Å². The molecule has 0 bridgehead atoms. The summed E-state index contributed by atoms with van der Waals surface area (Å²) in [6.07, 6.45) is 1.18. The van der Waals surface area contributed by atoms with Crippen molar-refractivity contribution in [3.63, 3.8) is 0 Å². The van der Waals surface area contributed by atoms with Gasteiger partial charge in [-0.25, -0.2) is 0 Å². The summed E-state index contributed by atoms with van der Waals surface area (Å²) in [5, 5.41) is 13.9. The molecule has 6 heteroatoms. The number of nitro benzene ring substituents is 1. The Morgan fingerprint density at radius 3 is 2.94 bits per heavy atom. The Bertz CT molecular complexity index is 450. The van der Waals surface area contributed by atoms with Crippen molar-refractivity contribution in [1.29, 1.82) is 0 Å². The van der Waals surface area contributed by atoms with Crippen molar-refractivity contribution in [3.8, 4) is 0 Å². The van der Waals surface area contributed by atoms with Gasteiger partial charge in [-0.1, -0.05) is 0 Å². The van der Waals surface area contributed by atoms with Crippen LogP contribution in [0.25, 0.3) is 0 Å². The van der Waals surface area contributed by atoms with Gasteiger partial charge in [0.1, 0.15) is 0 Å². The molecule has 0 radical (unpaired) electrons. The molecule has 1 atom stereocenters. The number of nitrogens with one attached hydrogen (secondary N) is 1. The highest BCUT2D eigenvalue weighted by Gasteiger charge is 2.19. The molecule has 1 heterocycles. The van der Waals surface area contributed by atoms with Crippen LogP contribution in [0.4, 0.5) is 17.1 Å². The van der Waals surface area contributed by atoms with Crippen molar-refractivity contribution < 1.29 is 4.92 Å². The Morgan fingerprint density at radius 1 is 1.61 bits per heavy atom. The predicted octanol–water partition coefficient (Wildman–Crippen LogP) is 1.54. The fourth-order valence-electron chi connectivity index (χ4n) is 2.27. The summed E-state index contributed by atoms with van der Waals surface area (Å²) in [6, 6.07) is 4.54. The van der Waals surface area contributed by atoms with E-state index in [0.29, 0.717) is 11.6 Å². The molecule has 0 spiro atoms. The van der Waals surface area contributed by atoms with E-state index in [9.17, 15) is 10.1 Å². The molecule has 0 aromatic heterocycles. The van der Waals surface area contributed by atoms with Gasteiger partial charge in [-0.15, -0.1) is 0 Å². The van der Waals surface area contributed by atoms with Gasteiger partial charge in [-0.3, -0.25) is 10.1 Å². The lowest BCUT2D eigenvalue weighted by atomic mass is 10.1. The van der Waals surface area contributed by atoms with Crippen molar-refractivity contribution in [3.05, 3.63) is 28.3 Å². The number of nitro groups is 1. The summed E-state index contributed by atoms with van der Waals surface area (Å²) in [6.45, 7) is 3.06. The lowest BCUT2D eigenvalue weighted by Gasteiger charge is -2.14. The summed E-state index contributed by atoms with van der Waals surface area (Å²) in [7, 11) is 2.11. The van der Waals surface area contributed by atoms with Crippen molar-refractivity contribution in [2.75, 3.05) is 37.7 Å². The highest BCUT2D eigenvalue weighted by atomic mass is 16.6. The quantitative estimate of drug-likeness (QED) is 0.481. The lowest BCUT2D eigenvalue weighted by Crippen LogP contribution is -2.19. The predicted molar refractivity (Wildman–Crippen MR) is 71.6 cm³/mol. The van der Waals surface area contributed by atoms with E-state index in [1.165, 1.54) is 18.6 Å². The minimum atomic E-state index is -0.438. The molecular weight excluding hydrogens is 232 g/mol. The fourth-order valence-corrected chi connectivity index (χ4v) is 2.27. The molecule has 0 amide bonds. The number of benzene rings is 1. The smallest absolute Gasteiger partial charge is 0.271 e. The maximum Gasteiger partial charge on any atom is 0.271 e. The van der Waals surface area contributed by atoms with Crippen LogP contribution < -0.4 is 11.1 Å². The Hall–Kier alpha value is -1.82. The second kappa shape index (κ2) is 5.22. The van der Waals surface area contributed by atoms with Crippen molar-refractivity contribution in [2.24, 2.45) is 5.92 Å². The summed E-state index contributed by atoms with van der Waals surface area (Å²) in [5.74, 6) is 0.615. The third kappa shape index (κ3) is 2.89. The number of rotatable bonds is 4. The van der Waals surface area contributed by atoms with Crippen molar-refractivity contribution >= 4 is 17.1 Å². The molecule has 1 aliphatic heterocycles. The van der Waals surface area contributed by atoms with Crippen LogP contribution in [-0.4, -0.2) is 36.5 Å². The molecule has 1 aromatic carbocycles. The second-order valence-electron chi connectivity index (χ2n) is 4.83. The molecule has 18 heavy (non-hydrogen) atoms. The van der Waals surface area contributed by atoms with Crippen LogP contribution in [0.15, 0.2) is 18.2 Å². The van der Waals surface area contributed by atoms with E-state index in [1.54, 1.807) is 6.07 Å². The monoisotopic (exact) mass is 250 g/mol. The molecule has 0 aliphatic carbocycles. The highest BCUT2D eigenvalue weighted by Crippen LogP contribution is 2.25. The van der Waals surface area contributed by atoms with Gasteiger partial charge >= 0.3 is 0 Å². The first-order chi connectivity index (χ1) is 8.56. The lowest BCUT2D eigenvalue weighted by molar-refractivity contribution is -0.384. The summed E-state index contributed by atoms with van der Waals surface area (Å²) in [5.41, 5.74) is 7.02. The number of hydrogen-bond acceptors (Lipinski definition) is 5. The van der Waals surface area contributed by atoms with Gasteiger partial charge in [0.25, 0.3) is 5.69 Å². The maximum atomic E-state index is 10.6. The van der Waals surface area contributed by atoms with Crippen LogP contribution in [0.2, 0.25) is 0 Å². The first-order valence-electron chi connectivity index (χ1n) is 6.02. The maximum absolute atomic E-state index is 10.6. The van der Waals surface area contributed by atoms with Crippen LogP contribution >= 0.6 is 0 Å². The van der Waals surface area contributed by atoms with Gasteiger partial charge in [-0.2, -0.15) is 0 Å². The Labute approximate surface area is 106 Å². The molecule has 3 N–H and O–H groups in total. The molecule has 2 rings (SSSR count). The third-order valence-electron chi connectivity index (χ3n) is 3.32. The largest absolute Gasteiger partial charge is 0.397 e. The molecule has 1 aromatic rings. The summed E-state index contributed by atoms with van der Waals surface area (Å²) < 4.78 is 0. The number of non-ortho nitro benzene ring substituents is 1. The normalized spacial score (nSPS) is 19.9. The van der Waals surface area contributed by atoms with E-state index in [4.69, 9.17) is 5.73 Å². The fraction of sp³-hybridized carbons (Fsp3) is 0.500. The van der Waals surface area contributed by atoms with E-state index < -0.39 is 4.92 Å². The number of nitrogens with two attached hydrogens (primary N) is 1. The zero-order valence-corrected chi connectivity index (χ0v) is 10.4. The second-order valence-corrected chi connectivity index (χ2v) is 4.83. The molecule has 1 fully saturated rings.